The first kappa shape index (κ1) is 19.4. The molecule has 0 aliphatic carbocycles. The number of anilines is 2. The topological polar surface area (TPSA) is 113 Å². The minimum absolute atomic E-state index is 0.0950. The lowest BCUT2D eigenvalue weighted by Gasteiger charge is -2.28. The zero-order valence-corrected chi connectivity index (χ0v) is 16.7. The molecule has 2 aliphatic heterocycles. The number of hydrogen-bond donors (Lipinski definition) is 3. The van der Waals surface area contributed by atoms with E-state index in [1.807, 2.05) is 0 Å². The fourth-order valence-corrected chi connectivity index (χ4v) is 4.01. The van der Waals surface area contributed by atoms with E-state index in [0.717, 1.165) is 0 Å². The molecule has 9 nitrogen and oxygen atoms in total. The minimum atomic E-state index is -0.539. The maximum absolute atomic E-state index is 12.9. The summed E-state index contributed by atoms with van der Waals surface area (Å²) in [6, 6.07) is 4.48. The number of nitrogens with one attached hydrogen (secondary N) is 3. The van der Waals surface area contributed by atoms with Crippen LogP contribution in [0.4, 0.5) is 17.2 Å². The lowest BCUT2D eigenvalue weighted by Crippen LogP contribution is -2.54. The van der Waals surface area contributed by atoms with Crippen molar-refractivity contribution in [3.8, 4) is 5.75 Å². The first-order valence-corrected chi connectivity index (χ1v) is 9.34. The van der Waals surface area contributed by atoms with Crippen LogP contribution < -0.4 is 19.9 Å². The number of aromatic nitrogens is 1. The second kappa shape index (κ2) is 7.18. The third-order valence-electron chi connectivity index (χ3n) is 4.83. The van der Waals surface area contributed by atoms with E-state index in [9.17, 15) is 9.59 Å². The molecule has 3 heterocycles. The Balaban J connectivity index is 1.84. The van der Waals surface area contributed by atoms with Crippen molar-refractivity contribution >= 4 is 58.2 Å². The van der Waals surface area contributed by atoms with Crippen LogP contribution >= 0.6 is 23.2 Å². The molecule has 0 saturated carbocycles. The van der Waals surface area contributed by atoms with Crippen LogP contribution in [0.1, 0.15) is 10.4 Å². The number of pyridine rings is 1. The highest BCUT2D eigenvalue weighted by atomic mass is 35.5. The van der Waals surface area contributed by atoms with Crippen molar-refractivity contribution in [1.82, 2.24) is 9.47 Å². The van der Waals surface area contributed by atoms with Crippen molar-refractivity contribution in [3.05, 3.63) is 40.0 Å². The van der Waals surface area contributed by atoms with Crippen molar-refractivity contribution in [3.63, 3.8) is 0 Å². The number of hydrogen-bond acceptors (Lipinski definition) is 6. The third kappa shape index (κ3) is 3.17. The second-order valence-electron chi connectivity index (χ2n) is 6.53. The highest BCUT2D eigenvalue weighted by Gasteiger charge is 2.51. The van der Waals surface area contributed by atoms with Crippen LogP contribution in [-0.2, 0) is 9.53 Å². The fraction of sp³-hybridized carbons (Fsp3) is 0.222. The van der Waals surface area contributed by atoms with Gasteiger partial charge < -0.3 is 20.1 Å². The van der Waals surface area contributed by atoms with Crippen LogP contribution in [0.2, 0.25) is 10.0 Å². The smallest absolute Gasteiger partial charge is 0.397 e. The summed E-state index contributed by atoms with van der Waals surface area (Å²) in [5, 5.41) is 14.2. The molecule has 2 amide bonds. The Morgan fingerprint density at radius 1 is 1.41 bits per heavy atom. The molecular formula is C18H16Cl2N5O4+. The number of carbonyl (C=O) groups is 2. The molecule has 2 aliphatic rings. The first-order chi connectivity index (χ1) is 13.9. The number of fused-ring (bicyclic) bond motifs is 3. The number of amides is 2. The monoisotopic (exact) mass is 436 g/mol. The van der Waals surface area contributed by atoms with Gasteiger partial charge in [0.1, 0.15) is 29.7 Å². The molecule has 11 heteroatoms. The van der Waals surface area contributed by atoms with Gasteiger partial charge in [0.15, 0.2) is 6.54 Å². The van der Waals surface area contributed by atoms with Gasteiger partial charge in [-0.3, -0.25) is 9.59 Å². The summed E-state index contributed by atoms with van der Waals surface area (Å²) in [6.45, 7) is 0.523. The van der Waals surface area contributed by atoms with Gasteiger partial charge in [-0.1, -0.05) is 23.2 Å². The lowest BCUT2D eigenvalue weighted by atomic mass is 10.1. The molecular weight excluding hydrogens is 421 g/mol. The lowest BCUT2D eigenvalue weighted by molar-refractivity contribution is -0.116. The van der Waals surface area contributed by atoms with Crippen LogP contribution in [0.25, 0.3) is 0 Å². The van der Waals surface area contributed by atoms with Crippen molar-refractivity contribution < 1.29 is 19.1 Å². The van der Waals surface area contributed by atoms with Crippen LogP contribution in [-0.4, -0.2) is 49.6 Å². The normalized spacial score (nSPS) is 20.1. The molecule has 1 spiro atoms. The fourth-order valence-electron chi connectivity index (χ4n) is 3.54. The molecule has 4 rings (SSSR count). The molecule has 2 aromatic rings. The molecule has 1 fully saturated rings. The number of halogens is 2. The Labute approximate surface area is 175 Å². The Hall–Kier alpha value is -2.88. The quantitative estimate of drug-likeness (QED) is 0.640. The van der Waals surface area contributed by atoms with Gasteiger partial charge in [0.05, 0.1) is 17.7 Å². The maximum Gasteiger partial charge on any atom is 0.397 e. The van der Waals surface area contributed by atoms with E-state index in [1.54, 1.807) is 12.1 Å². The van der Waals surface area contributed by atoms with Gasteiger partial charge in [-0.05, 0) is 18.2 Å². The number of amidine groups is 1. The maximum atomic E-state index is 12.9. The molecule has 29 heavy (non-hydrogen) atoms. The average molecular weight is 437 g/mol. The van der Waals surface area contributed by atoms with Crippen LogP contribution in [0.15, 0.2) is 24.4 Å². The number of carbonyl (C=O) groups excluding carboxylic acids is 2. The molecule has 2 bridgehead atoms. The number of ether oxygens (including phenoxy) is 2. The van der Waals surface area contributed by atoms with E-state index < -0.39 is 11.8 Å². The summed E-state index contributed by atoms with van der Waals surface area (Å²) >= 11 is 12.4. The number of methoxy groups -OCH3 is 1. The standard InChI is InChI=1S/C18H15Cl2N5O4/c1-28-16-14-10(17(27)23-12-3-2-9(19)7-22-12)6-11(20)15(16)25(8-13(26)24-14)4-5-29-18(25)21/h2-3,6-7,21H,4-5,8H2,1H3,(H-,22,23,24,26,27)/p+1. The van der Waals surface area contributed by atoms with E-state index in [2.05, 4.69) is 15.6 Å². The molecule has 3 N–H and O–H groups in total. The van der Waals surface area contributed by atoms with Crippen molar-refractivity contribution in [2.45, 2.75) is 0 Å². The Morgan fingerprint density at radius 3 is 2.83 bits per heavy atom. The van der Waals surface area contributed by atoms with Crippen LogP contribution in [0.3, 0.4) is 0 Å². The van der Waals surface area contributed by atoms with E-state index in [1.165, 1.54) is 19.4 Å². The average Bonchev–Trinajstić information content (AvgIpc) is 2.99. The van der Waals surface area contributed by atoms with E-state index in [-0.39, 0.29) is 51.5 Å². The zero-order valence-electron chi connectivity index (χ0n) is 15.2. The SMILES string of the molecule is COc1c2c(C(=O)Nc3ccc(Cl)cn3)cc(Cl)c1[N+]1(CCOC1=N)CC(=O)N2. The largest absolute Gasteiger partial charge is 0.489 e. The first-order valence-electron chi connectivity index (χ1n) is 8.58. The highest BCUT2D eigenvalue weighted by Crippen LogP contribution is 2.49. The predicted octanol–water partition coefficient (Wildman–Crippen LogP) is 2.87. The number of quaternary nitrogens is 1. The van der Waals surface area contributed by atoms with Gasteiger partial charge in [0.25, 0.3) is 11.8 Å². The van der Waals surface area contributed by atoms with Crippen LogP contribution in [0, 0.1) is 5.41 Å². The van der Waals surface area contributed by atoms with Gasteiger partial charge >= 0.3 is 6.02 Å². The third-order valence-corrected chi connectivity index (χ3v) is 5.34. The Kier molecular flexibility index (Phi) is 4.81. The van der Waals surface area contributed by atoms with Gasteiger partial charge in [-0.2, -0.15) is 4.48 Å². The van der Waals surface area contributed by atoms with Gasteiger partial charge in [-0.15, -0.1) is 0 Å². The summed E-state index contributed by atoms with van der Waals surface area (Å²) < 4.78 is 10.7. The molecule has 1 aromatic carbocycles. The summed E-state index contributed by atoms with van der Waals surface area (Å²) in [5.41, 5.74) is 0.691. The number of nitrogens with zero attached hydrogens (tertiary/aromatic N) is 2. The number of benzene rings is 1. The molecule has 1 atom stereocenters. The summed E-state index contributed by atoms with van der Waals surface area (Å²) in [7, 11) is 1.41. The summed E-state index contributed by atoms with van der Waals surface area (Å²) in [4.78, 5) is 29.6. The molecule has 1 aromatic heterocycles. The summed E-state index contributed by atoms with van der Waals surface area (Å²) in [5.74, 6) is -0.436. The molecule has 1 unspecified atom stereocenters. The summed E-state index contributed by atoms with van der Waals surface area (Å²) in [6.07, 6.45) is 1.40. The van der Waals surface area contributed by atoms with E-state index >= 15 is 0 Å². The molecule has 150 valence electrons. The van der Waals surface area contributed by atoms with Gasteiger partial charge in [0.2, 0.25) is 11.4 Å². The van der Waals surface area contributed by atoms with E-state index in [4.69, 9.17) is 38.1 Å². The van der Waals surface area contributed by atoms with E-state index in [0.29, 0.717) is 17.3 Å². The zero-order chi connectivity index (χ0) is 20.8. The predicted molar refractivity (Wildman–Crippen MR) is 109 cm³/mol. The Bertz CT molecular complexity index is 1040. The van der Waals surface area contributed by atoms with Crippen molar-refractivity contribution in [1.29, 1.82) is 5.41 Å². The van der Waals surface area contributed by atoms with Gasteiger partial charge in [-0.25, -0.2) is 10.4 Å². The number of rotatable bonds is 3. The van der Waals surface area contributed by atoms with Crippen LogP contribution in [0.5, 0.6) is 5.75 Å². The van der Waals surface area contributed by atoms with Crippen molar-refractivity contribution in [2.75, 3.05) is 37.4 Å². The minimum Gasteiger partial charge on any atom is -0.489 e. The molecule has 0 radical (unpaired) electrons. The van der Waals surface area contributed by atoms with Gasteiger partial charge in [0, 0.05) is 6.20 Å². The second-order valence-corrected chi connectivity index (χ2v) is 7.37. The molecule has 1 saturated heterocycles. The Morgan fingerprint density at radius 2 is 2.21 bits per heavy atom. The highest BCUT2D eigenvalue weighted by molar-refractivity contribution is 6.35. The van der Waals surface area contributed by atoms with Crippen molar-refractivity contribution in [2.24, 2.45) is 0 Å².